The monoisotopic (exact) mass is 191 g/mol. The highest BCUT2D eigenvalue weighted by Crippen LogP contribution is 2.13. The molecule has 0 aliphatic carbocycles. The molecule has 0 atom stereocenters. The molecule has 0 radical (unpaired) electrons. The van der Waals surface area contributed by atoms with Crippen LogP contribution in [0.5, 0.6) is 0 Å². The summed E-state index contributed by atoms with van der Waals surface area (Å²) in [7, 11) is 0. The summed E-state index contributed by atoms with van der Waals surface area (Å²) in [4.78, 5) is 10.7. The molecule has 14 heavy (non-hydrogen) atoms. The van der Waals surface area contributed by atoms with Gasteiger partial charge in [0.05, 0.1) is 0 Å². The SMILES string of the molecule is CC(=O)CCNc1cc(C)cc(C)c1. The van der Waals surface area contributed by atoms with Crippen LogP contribution in [0.25, 0.3) is 0 Å². The first-order valence-electron chi connectivity index (χ1n) is 4.89. The lowest BCUT2D eigenvalue weighted by Crippen LogP contribution is -2.05. The minimum Gasteiger partial charge on any atom is -0.385 e. The number of nitrogens with one attached hydrogen (secondary N) is 1. The zero-order valence-electron chi connectivity index (χ0n) is 9.05. The van der Waals surface area contributed by atoms with Gasteiger partial charge in [-0.1, -0.05) is 6.07 Å². The fourth-order valence-electron chi connectivity index (χ4n) is 1.46. The second-order valence-corrected chi connectivity index (χ2v) is 3.76. The van der Waals surface area contributed by atoms with E-state index in [1.54, 1.807) is 6.92 Å². The molecule has 2 nitrogen and oxygen atoms in total. The fraction of sp³-hybridized carbons (Fsp3) is 0.417. The highest BCUT2D eigenvalue weighted by Gasteiger charge is 1.96. The average molecular weight is 191 g/mol. The topological polar surface area (TPSA) is 29.1 Å². The van der Waals surface area contributed by atoms with Gasteiger partial charge >= 0.3 is 0 Å². The van der Waals surface area contributed by atoms with E-state index in [2.05, 4.69) is 37.4 Å². The van der Waals surface area contributed by atoms with Crippen LogP contribution >= 0.6 is 0 Å². The zero-order chi connectivity index (χ0) is 10.6. The fourth-order valence-corrected chi connectivity index (χ4v) is 1.46. The third-order valence-corrected chi connectivity index (χ3v) is 2.03. The Morgan fingerprint density at radius 3 is 2.29 bits per heavy atom. The molecule has 1 rings (SSSR count). The van der Waals surface area contributed by atoms with Crippen molar-refractivity contribution < 1.29 is 4.79 Å². The molecular formula is C12H17NO. The van der Waals surface area contributed by atoms with Crippen LogP contribution in [0.1, 0.15) is 24.5 Å². The molecule has 1 N–H and O–H groups in total. The molecule has 0 aliphatic rings. The van der Waals surface area contributed by atoms with Gasteiger partial charge in [0.1, 0.15) is 5.78 Å². The molecule has 2 heteroatoms. The van der Waals surface area contributed by atoms with Gasteiger partial charge in [-0.25, -0.2) is 0 Å². The van der Waals surface area contributed by atoms with Crippen molar-refractivity contribution in [2.75, 3.05) is 11.9 Å². The van der Waals surface area contributed by atoms with E-state index in [9.17, 15) is 4.79 Å². The molecule has 76 valence electrons. The first-order valence-corrected chi connectivity index (χ1v) is 4.89. The molecule has 0 saturated carbocycles. The quantitative estimate of drug-likeness (QED) is 0.792. The highest BCUT2D eigenvalue weighted by atomic mass is 16.1. The normalized spacial score (nSPS) is 9.93. The van der Waals surface area contributed by atoms with Crippen molar-refractivity contribution in [3.63, 3.8) is 0 Å². The first-order chi connectivity index (χ1) is 6.58. The third kappa shape index (κ3) is 3.60. The Hall–Kier alpha value is -1.31. The minimum atomic E-state index is 0.224. The van der Waals surface area contributed by atoms with Crippen LogP contribution in [0.2, 0.25) is 0 Å². The Labute approximate surface area is 85.3 Å². The molecule has 0 spiro atoms. The van der Waals surface area contributed by atoms with E-state index < -0.39 is 0 Å². The van der Waals surface area contributed by atoms with Gasteiger partial charge in [-0.3, -0.25) is 4.79 Å². The van der Waals surface area contributed by atoms with Crippen LogP contribution in [0, 0.1) is 13.8 Å². The van der Waals surface area contributed by atoms with Crippen molar-refractivity contribution in [2.24, 2.45) is 0 Å². The Morgan fingerprint density at radius 2 is 1.79 bits per heavy atom. The molecule has 0 saturated heterocycles. The summed E-state index contributed by atoms with van der Waals surface area (Å²) in [5.74, 6) is 0.224. The van der Waals surface area contributed by atoms with Gasteiger partial charge in [0.25, 0.3) is 0 Å². The van der Waals surface area contributed by atoms with E-state index in [1.165, 1.54) is 11.1 Å². The van der Waals surface area contributed by atoms with Gasteiger partial charge in [0, 0.05) is 18.7 Å². The molecule has 0 heterocycles. The van der Waals surface area contributed by atoms with Crippen LogP contribution in [-0.2, 0) is 4.79 Å². The van der Waals surface area contributed by atoms with Crippen molar-refractivity contribution in [1.82, 2.24) is 0 Å². The Morgan fingerprint density at radius 1 is 1.21 bits per heavy atom. The van der Waals surface area contributed by atoms with E-state index in [4.69, 9.17) is 0 Å². The average Bonchev–Trinajstić information content (AvgIpc) is 2.01. The number of carbonyl (C=O) groups excluding carboxylic acids is 1. The van der Waals surface area contributed by atoms with Crippen LogP contribution in [0.4, 0.5) is 5.69 Å². The van der Waals surface area contributed by atoms with Gasteiger partial charge in [-0.15, -0.1) is 0 Å². The van der Waals surface area contributed by atoms with Gasteiger partial charge in [0.15, 0.2) is 0 Å². The number of hydrogen-bond donors (Lipinski definition) is 1. The van der Waals surface area contributed by atoms with Crippen molar-refractivity contribution in [2.45, 2.75) is 27.2 Å². The summed E-state index contributed by atoms with van der Waals surface area (Å²) in [5.41, 5.74) is 3.59. The van der Waals surface area contributed by atoms with Crippen molar-refractivity contribution in [3.8, 4) is 0 Å². The van der Waals surface area contributed by atoms with Crippen LogP contribution < -0.4 is 5.32 Å². The van der Waals surface area contributed by atoms with Crippen molar-refractivity contribution in [1.29, 1.82) is 0 Å². The minimum absolute atomic E-state index is 0.224. The predicted octanol–water partition coefficient (Wildman–Crippen LogP) is 2.69. The maximum Gasteiger partial charge on any atom is 0.131 e. The lowest BCUT2D eigenvalue weighted by Gasteiger charge is -2.07. The maximum absolute atomic E-state index is 10.7. The molecular weight excluding hydrogens is 174 g/mol. The smallest absolute Gasteiger partial charge is 0.131 e. The number of Topliss-reactive ketones (excluding diaryl/α,β-unsaturated/α-hetero) is 1. The predicted molar refractivity (Wildman–Crippen MR) is 59.7 cm³/mol. The second kappa shape index (κ2) is 4.80. The largest absolute Gasteiger partial charge is 0.385 e. The van der Waals surface area contributed by atoms with Gasteiger partial charge in [0.2, 0.25) is 0 Å². The third-order valence-electron chi connectivity index (χ3n) is 2.03. The summed E-state index contributed by atoms with van der Waals surface area (Å²) >= 11 is 0. The Bertz CT molecular complexity index is 311. The van der Waals surface area contributed by atoms with Crippen molar-refractivity contribution in [3.05, 3.63) is 29.3 Å². The van der Waals surface area contributed by atoms with E-state index >= 15 is 0 Å². The number of carbonyl (C=O) groups is 1. The van der Waals surface area contributed by atoms with Crippen molar-refractivity contribution >= 4 is 11.5 Å². The standard InChI is InChI=1S/C12H17NO/c1-9-6-10(2)8-12(7-9)13-5-4-11(3)14/h6-8,13H,4-5H2,1-3H3. The zero-order valence-corrected chi connectivity index (χ0v) is 9.05. The molecule has 0 unspecified atom stereocenters. The van der Waals surface area contributed by atoms with E-state index in [0.29, 0.717) is 6.42 Å². The molecule has 0 aliphatic heterocycles. The molecule has 0 fully saturated rings. The summed E-state index contributed by atoms with van der Waals surface area (Å²) in [6, 6.07) is 6.32. The van der Waals surface area contributed by atoms with Gasteiger partial charge < -0.3 is 5.32 Å². The number of aryl methyl sites for hydroxylation is 2. The number of hydrogen-bond acceptors (Lipinski definition) is 2. The highest BCUT2D eigenvalue weighted by molar-refractivity contribution is 5.76. The van der Waals surface area contributed by atoms with E-state index in [0.717, 1.165) is 12.2 Å². The number of rotatable bonds is 4. The Kier molecular flexibility index (Phi) is 3.69. The maximum atomic E-state index is 10.7. The summed E-state index contributed by atoms with van der Waals surface area (Å²) < 4.78 is 0. The summed E-state index contributed by atoms with van der Waals surface area (Å²) in [6.07, 6.45) is 0.590. The van der Waals surface area contributed by atoms with Crippen LogP contribution in [0.15, 0.2) is 18.2 Å². The molecule has 1 aromatic rings. The van der Waals surface area contributed by atoms with Gasteiger partial charge in [-0.05, 0) is 44.0 Å². The molecule has 0 bridgehead atoms. The van der Waals surface area contributed by atoms with E-state index in [1.807, 2.05) is 0 Å². The Balaban J connectivity index is 2.54. The second-order valence-electron chi connectivity index (χ2n) is 3.76. The summed E-state index contributed by atoms with van der Waals surface area (Å²) in [6.45, 7) is 6.48. The van der Waals surface area contributed by atoms with Crippen LogP contribution in [-0.4, -0.2) is 12.3 Å². The first kappa shape index (κ1) is 10.8. The number of ketones is 1. The molecule has 0 aromatic heterocycles. The number of benzene rings is 1. The van der Waals surface area contributed by atoms with Crippen LogP contribution in [0.3, 0.4) is 0 Å². The molecule has 1 aromatic carbocycles. The summed E-state index contributed by atoms with van der Waals surface area (Å²) in [5, 5.41) is 3.24. The lowest BCUT2D eigenvalue weighted by molar-refractivity contribution is -0.116. The molecule has 0 amide bonds. The lowest BCUT2D eigenvalue weighted by atomic mass is 10.1. The number of anilines is 1. The van der Waals surface area contributed by atoms with Gasteiger partial charge in [-0.2, -0.15) is 0 Å². The van der Waals surface area contributed by atoms with E-state index in [-0.39, 0.29) is 5.78 Å².